The van der Waals surface area contributed by atoms with Gasteiger partial charge in [-0.1, -0.05) is 12.1 Å². The fourth-order valence-corrected chi connectivity index (χ4v) is 1.49. The molecular weight excluding hydrogens is 209 g/mol. The number of aliphatic hydroxyl groups excluding tert-OH is 1. The number of nitrogens with two attached hydrogens (primary N) is 1. The lowest BCUT2D eigenvalue weighted by atomic mass is 10.1. The summed E-state index contributed by atoms with van der Waals surface area (Å²) in [6.45, 7) is 0.301. The summed E-state index contributed by atoms with van der Waals surface area (Å²) in [6, 6.07) is 7.80. The summed E-state index contributed by atoms with van der Waals surface area (Å²) in [5.41, 5.74) is 6.97. The number of anilines is 1. The van der Waals surface area contributed by atoms with Crippen LogP contribution in [-0.4, -0.2) is 21.5 Å². The van der Waals surface area contributed by atoms with Crippen LogP contribution >= 0.6 is 0 Å². The van der Waals surface area contributed by atoms with Crippen molar-refractivity contribution in [3.05, 3.63) is 36.1 Å². The Morgan fingerprint density at radius 2 is 2.19 bits per heavy atom. The van der Waals surface area contributed by atoms with Crippen LogP contribution in [0.1, 0.15) is 0 Å². The molecule has 4 nitrogen and oxygen atoms in total. The maximum absolute atomic E-state index is 13.0. The van der Waals surface area contributed by atoms with Crippen molar-refractivity contribution >= 4 is 5.82 Å². The third kappa shape index (κ3) is 2.04. The summed E-state index contributed by atoms with van der Waals surface area (Å²) >= 11 is 0. The van der Waals surface area contributed by atoms with Crippen molar-refractivity contribution in [2.45, 2.75) is 6.54 Å². The topological polar surface area (TPSA) is 64.1 Å². The van der Waals surface area contributed by atoms with Gasteiger partial charge in [0.05, 0.1) is 18.8 Å². The van der Waals surface area contributed by atoms with E-state index in [-0.39, 0.29) is 12.4 Å². The van der Waals surface area contributed by atoms with Crippen LogP contribution in [0.3, 0.4) is 0 Å². The molecule has 0 spiro atoms. The highest BCUT2D eigenvalue weighted by Crippen LogP contribution is 2.20. The van der Waals surface area contributed by atoms with E-state index in [0.29, 0.717) is 23.6 Å². The van der Waals surface area contributed by atoms with Crippen molar-refractivity contribution in [1.82, 2.24) is 9.78 Å². The Labute approximate surface area is 92.1 Å². The Hall–Kier alpha value is -1.88. The number of benzene rings is 1. The minimum atomic E-state index is -0.312. The molecule has 0 aliphatic rings. The average Bonchev–Trinajstić information content (AvgIpc) is 2.61. The highest BCUT2D eigenvalue weighted by atomic mass is 19.1. The lowest BCUT2D eigenvalue weighted by Crippen LogP contribution is -2.07. The normalized spacial score (nSPS) is 10.6. The van der Waals surface area contributed by atoms with Gasteiger partial charge in [0.1, 0.15) is 11.6 Å². The van der Waals surface area contributed by atoms with Crippen LogP contribution in [-0.2, 0) is 6.54 Å². The first-order chi connectivity index (χ1) is 7.70. The van der Waals surface area contributed by atoms with Crippen LogP contribution in [0, 0.1) is 5.82 Å². The van der Waals surface area contributed by atoms with Crippen molar-refractivity contribution in [3.63, 3.8) is 0 Å². The van der Waals surface area contributed by atoms with Gasteiger partial charge in [0.25, 0.3) is 0 Å². The van der Waals surface area contributed by atoms with Crippen molar-refractivity contribution in [2.75, 3.05) is 12.3 Å². The molecular formula is C11H12FN3O. The quantitative estimate of drug-likeness (QED) is 0.820. The van der Waals surface area contributed by atoms with Crippen LogP contribution < -0.4 is 5.73 Å². The predicted octanol–water partition coefficient (Wildman–Crippen LogP) is 1.26. The van der Waals surface area contributed by atoms with Gasteiger partial charge in [0, 0.05) is 11.6 Å². The van der Waals surface area contributed by atoms with Gasteiger partial charge in [0.15, 0.2) is 0 Å². The monoisotopic (exact) mass is 221 g/mol. The number of halogens is 1. The molecule has 2 aromatic rings. The van der Waals surface area contributed by atoms with Gasteiger partial charge in [-0.3, -0.25) is 0 Å². The molecule has 0 radical (unpaired) electrons. The zero-order valence-corrected chi connectivity index (χ0v) is 8.60. The lowest BCUT2D eigenvalue weighted by molar-refractivity contribution is 0.270. The number of rotatable bonds is 3. The molecule has 1 aromatic carbocycles. The Bertz CT molecular complexity index is 496. The summed E-state index contributed by atoms with van der Waals surface area (Å²) < 4.78 is 14.5. The van der Waals surface area contributed by atoms with E-state index < -0.39 is 0 Å². The van der Waals surface area contributed by atoms with E-state index in [0.717, 1.165) is 0 Å². The fraction of sp³-hybridized carbons (Fsp3) is 0.182. The Morgan fingerprint density at radius 3 is 2.88 bits per heavy atom. The first-order valence-corrected chi connectivity index (χ1v) is 4.91. The van der Waals surface area contributed by atoms with Gasteiger partial charge in [-0.15, -0.1) is 0 Å². The molecule has 0 saturated heterocycles. The molecule has 0 fully saturated rings. The molecule has 0 unspecified atom stereocenters. The number of nitrogens with zero attached hydrogens (tertiary/aromatic N) is 2. The number of nitrogen functional groups attached to an aromatic ring is 1. The van der Waals surface area contributed by atoms with E-state index >= 15 is 0 Å². The highest BCUT2D eigenvalue weighted by Gasteiger charge is 2.07. The third-order valence-corrected chi connectivity index (χ3v) is 2.24. The summed E-state index contributed by atoms with van der Waals surface area (Å²) in [6.07, 6.45) is 0. The van der Waals surface area contributed by atoms with Crippen LogP contribution in [0.25, 0.3) is 11.3 Å². The average molecular weight is 221 g/mol. The summed E-state index contributed by atoms with van der Waals surface area (Å²) in [7, 11) is 0. The van der Waals surface area contributed by atoms with Crippen molar-refractivity contribution in [1.29, 1.82) is 0 Å². The second-order valence-electron chi connectivity index (χ2n) is 3.41. The van der Waals surface area contributed by atoms with Crippen LogP contribution in [0.4, 0.5) is 10.2 Å². The van der Waals surface area contributed by atoms with E-state index in [1.807, 2.05) is 0 Å². The molecule has 2 rings (SSSR count). The smallest absolute Gasteiger partial charge is 0.123 e. The lowest BCUT2D eigenvalue weighted by Gasteiger charge is -1.99. The maximum atomic E-state index is 13.0. The fourth-order valence-electron chi connectivity index (χ4n) is 1.49. The Balaban J connectivity index is 2.37. The molecule has 16 heavy (non-hydrogen) atoms. The second kappa shape index (κ2) is 4.32. The highest BCUT2D eigenvalue weighted by molar-refractivity contribution is 5.62. The molecule has 1 heterocycles. The molecule has 0 bridgehead atoms. The summed E-state index contributed by atoms with van der Waals surface area (Å²) in [5, 5.41) is 13.0. The molecule has 3 N–H and O–H groups in total. The van der Waals surface area contributed by atoms with Crippen molar-refractivity contribution in [2.24, 2.45) is 0 Å². The standard InChI is InChI=1S/C11H12FN3O/c12-9-3-1-2-8(6-9)10-7-11(13)15(14-10)4-5-16/h1-3,6-7,16H,4-5,13H2. The zero-order valence-electron chi connectivity index (χ0n) is 8.60. The molecule has 0 aliphatic carbocycles. The van der Waals surface area contributed by atoms with Gasteiger partial charge in [-0.05, 0) is 12.1 Å². The maximum Gasteiger partial charge on any atom is 0.123 e. The summed E-state index contributed by atoms with van der Waals surface area (Å²) in [4.78, 5) is 0. The van der Waals surface area contributed by atoms with Crippen molar-refractivity contribution < 1.29 is 9.50 Å². The molecule has 1 aromatic heterocycles. The molecule has 0 amide bonds. The number of hydrogen-bond acceptors (Lipinski definition) is 3. The van der Waals surface area contributed by atoms with Crippen LogP contribution in [0.2, 0.25) is 0 Å². The Kier molecular flexibility index (Phi) is 2.87. The number of hydrogen-bond donors (Lipinski definition) is 2. The number of aliphatic hydroxyl groups is 1. The van der Waals surface area contributed by atoms with E-state index in [1.54, 1.807) is 18.2 Å². The first kappa shape index (κ1) is 10.6. The van der Waals surface area contributed by atoms with E-state index in [2.05, 4.69) is 5.10 Å². The minimum absolute atomic E-state index is 0.0333. The van der Waals surface area contributed by atoms with E-state index in [9.17, 15) is 4.39 Å². The second-order valence-corrected chi connectivity index (χ2v) is 3.41. The van der Waals surface area contributed by atoms with Crippen molar-refractivity contribution in [3.8, 4) is 11.3 Å². The largest absolute Gasteiger partial charge is 0.394 e. The first-order valence-electron chi connectivity index (χ1n) is 4.91. The van der Waals surface area contributed by atoms with Gasteiger partial charge in [0.2, 0.25) is 0 Å². The molecule has 0 saturated carbocycles. The Morgan fingerprint density at radius 1 is 1.38 bits per heavy atom. The molecule has 0 aliphatic heterocycles. The van der Waals surface area contributed by atoms with Crippen LogP contribution in [0.15, 0.2) is 30.3 Å². The van der Waals surface area contributed by atoms with E-state index in [1.165, 1.54) is 16.8 Å². The SMILES string of the molecule is Nc1cc(-c2cccc(F)c2)nn1CCO. The minimum Gasteiger partial charge on any atom is -0.394 e. The summed E-state index contributed by atoms with van der Waals surface area (Å²) in [5.74, 6) is 0.140. The van der Waals surface area contributed by atoms with E-state index in [4.69, 9.17) is 10.8 Å². The number of aromatic nitrogens is 2. The molecule has 5 heteroatoms. The van der Waals surface area contributed by atoms with Gasteiger partial charge in [-0.25, -0.2) is 9.07 Å². The molecule has 84 valence electrons. The predicted molar refractivity (Wildman–Crippen MR) is 59.1 cm³/mol. The third-order valence-electron chi connectivity index (χ3n) is 2.24. The van der Waals surface area contributed by atoms with Gasteiger partial charge < -0.3 is 10.8 Å². The molecule has 0 atom stereocenters. The van der Waals surface area contributed by atoms with Gasteiger partial charge in [-0.2, -0.15) is 5.10 Å². The zero-order chi connectivity index (χ0) is 11.5. The van der Waals surface area contributed by atoms with Gasteiger partial charge >= 0.3 is 0 Å². The van der Waals surface area contributed by atoms with Crippen LogP contribution in [0.5, 0.6) is 0 Å².